The zero-order valence-corrected chi connectivity index (χ0v) is 12.3. The van der Waals surface area contributed by atoms with Crippen molar-refractivity contribution in [2.45, 2.75) is 34.1 Å². The summed E-state index contributed by atoms with van der Waals surface area (Å²) in [5.41, 5.74) is 3.26. The van der Waals surface area contributed by atoms with E-state index in [0.717, 1.165) is 6.42 Å². The van der Waals surface area contributed by atoms with Gasteiger partial charge in [0.25, 0.3) is 0 Å². The number of hydrogen-bond acceptors (Lipinski definition) is 4. The third kappa shape index (κ3) is 4.47. The summed E-state index contributed by atoms with van der Waals surface area (Å²) < 4.78 is 5.10. The number of anilines is 1. The lowest BCUT2D eigenvalue weighted by molar-refractivity contribution is -0.149. The maximum atomic E-state index is 12.0. The topological polar surface area (TPSA) is 47.6 Å². The predicted octanol–water partition coefficient (Wildman–Crippen LogP) is 3.64. The Morgan fingerprint density at radius 2 is 2.05 bits per heavy atom. The fourth-order valence-corrected chi connectivity index (χ4v) is 2.00. The molecule has 0 spiro atoms. The maximum Gasteiger partial charge on any atom is 0.335 e. The number of carbonyl (C=O) groups is 1. The van der Waals surface area contributed by atoms with Crippen LogP contribution in [0.5, 0.6) is 5.75 Å². The van der Waals surface area contributed by atoms with Crippen LogP contribution in [0.15, 0.2) is 24.3 Å². The highest BCUT2D eigenvalue weighted by Gasteiger charge is 2.31. The van der Waals surface area contributed by atoms with Gasteiger partial charge in [-0.25, -0.2) is 10.3 Å². The fourth-order valence-electron chi connectivity index (χ4n) is 2.00. The highest BCUT2D eigenvalue weighted by Crippen LogP contribution is 2.29. The quantitative estimate of drug-likeness (QED) is 0.826. The first-order valence-corrected chi connectivity index (χ1v) is 6.49. The number of benzene rings is 1. The van der Waals surface area contributed by atoms with Gasteiger partial charge in [-0.05, 0) is 24.0 Å². The van der Waals surface area contributed by atoms with Crippen molar-refractivity contribution in [3.8, 4) is 5.75 Å². The van der Waals surface area contributed by atoms with Crippen molar-refractivity contribution in [3.63, 3.8) is 0 Å². The number of rotatable bonds is 5. The molecule has 0 aromatic heterocycles. The van der Waals surface area contributed by atoms with Gasteiger partial charge in [-0.15, -0.1) is 0 Å². The highest BCUT2D eigenvalue weighted by atomic mass is 16.7. The van der Waals surface area contributed by atoms with Gasteiger partial charge in [-0.2, -0.15) is 0 Å². The van der Waals surface area contributed by atoms with Crippen molar-refractivity contribution in [2.24, 2.45) is 11.3 Å². The predicted molar refractivity (Wildman–Crippen MR) is 75.9 cm³/mol. The van der Waals surface area contributed by atoms with Crippen LogP contribution in [-0.4, -0.2) is 13.1 Å². The second-order valence-electron chi connectivity index (χ2n) is 5.58. The zero-order valence-electron chi connectivity index (χ0n) is 12.3. The van der Waals surface area contributed by atoms with Gasteiger partial charge < -0.3 is 9.57 Å². The second-order valence-corrected chi connectivity index (χ2v) is 5.58. The monoisotopic (exact) mass is 265 g/mol. The summed E-state index contributed by atoms with van der Waals surface area (Å²) >= 11 is 0. The van der Waals surface area contributed by atoms with Crippen LogP contribution in [0.3, 0.4) is 0 Å². The summed E-state index contributed by atoms with van der Waals surface area (Å²) in [7, 11) is 1.60. The molecule has 4 heteroatoms. The lowest BCUT2D eigenvalue weighted by Gasteiger charge is -2.27. The minimum atomic E-state index is -0.238. The van der Waals surface area contributed by atoms with Gasteiger partial charge in [0.15, 0.2) is 0 Å². The Balaban J connectivity index is 2.62. The molecule has 106 valence electrons. The van der Waals surface area contributed by atoms with Gasteiger partial charge in [0, 0.05) is 6.07 Å². The molecule has 1 unspecified atom stereocenters. The molecule has 1 aromatic carbocycles. The van der Waals surface area contributed by atoms with Crippen LogP contribution in [0.1, 0.15) is 34.1 Å². The largest absolute Gasteiger partial charge is 0.497 e. The number of nitrogens with one attached hydrogen (secondary N) is 1. The Labute approximate surface area is 115 Å². The second kappa shape index (κ2) is 6.45. The molecule has 1 rings (SSSR count). The Kier molecular flexibility index (Phi) is 5.21. The van der Waals surface area contributed by atoms with E-state index in [1.54, 1.807) is 13.2 Å². The van der Waals surface area contributed by atoms with Crippen molar-refractivity contribution in [1.82, 2.24) is 0 Å². The summed E-state index contributed by atoms with van der Waals surface area (Å²) in [6, 6.07) is 7.24. The molecule has 0 fully saturated rings. The first-order valence-electron chi connectivity index (χ1n) is 6.49. The van der Waals surface area contributed by atoms with E-state index in [4.69, 9.17) is 9.57 Å². The number of methoxy groups -OCH3 is 1. The van der Waals surface area contributed by atoms with Crippen LogP contribution in [0.2, 0.25) is 0 Å². The molecular weight excluding hydrogens is 242 g/mol. The first-order chi connectivity index (χ1) is 8.88. The van der Waals surface area contributed by atoms with Gasteiger partial charge in [-0.1, -0.05) is 33.8 Å². The molecule has 4 nitrogen and oxygen atoms in total. The Hall–Kier alpha value is -1.71. The molecule has 0 heterocycles. The lowest BCUT2D eigenvalue weighted by Crippen LogP contribution is -2.31. The van der Waals surface area contributed by atoms with E-state index < -0.39 is 0 Å². The molecule has 0 aliphatic heterocycles. The molecule has 1 N–H and O–H groups in total. The standard InChI is InChI=1S/C15H23NO3/c1-6-13(15(2,3)4)14(17)19-16-11-8-7-9-12(10-11)18-5/h7-10,13,16H,6H2,1-5H3. The third-order valence-electron chi connectivity index (χ3n) is 3.08. The van der Waals surface area contributed by atoms with Crippen molar-refractivity contribution in [1.29, 1.82) is 0 Å². The van der Waals surface area contributed by atoms with E-state index in [2.05, 4.69) is 5.48 Å². The average molecular weight is 265 g/mol. The first kappa shape index (κ1) is 15.3. The zero-order chi connectivity index (χ0) is 14.5. The van der Waals surface area contributed by atoms with E-state index in [1.165, 1.54) is 0 Å². The van der Waals surface area contributed by atoms with Gasteiger partial charge >= 0.3 is 5.97 Å². The molecule has 0 radical (unpaired) electrons. The van der Waals surface area contributed by atoms with Crippen molar-refractivity contribution < 1.29 is 14.4 Å². The van der Waals surface area contributed by atoms with Gasteiger partial charge in [0.05, 0.1) is 18.7 Å². The van der Waals surface area contributed by atoms with Crippen LogP contribution in [0.4, 0.5) is 5.69 Å². The molecule has 0 saturated heterocycles. The van der Waals surface area contributed by atoms with Crippen LogP contribution in [0, 0.1) is 11.3 Å². The molecule has 0 saturated carbocycles. The summed E-state index contributed by atoms with van der Waals surface area (Å²) in [5, 5.41) is 0. The van der Waals surface area contributed by atoms with E-state index in [9.17, 15) is 4.79 Å². The molecule has 0 bridgehead atoms. The Morgan fingerprint density at radius 3 is 2.58 bits per heavy atom. The molecule has 1 aromatic rings. The van der Waals surface area contributed by atoms with Crippen molar-refractivity contribution >= 4 is 11.7 Å². The molecule has 0 aliphatic carbocycles. The van der Waals surface area contributed by atoms with E-state index >= 15 is 0 Å². The lowest BCUT2D eigenvalue weighted by atomic mass is 9.79. The molecule has 0 aliphatic rings. The maximum absolute atomic E-state index is 12.0. The van der Waals surface area contributed by atoms with Gasteiger partial charge in [0.2, 0.25) is 0 Å². The van der Waals surface area contributed by atoms with E-state index in [1.807, 2.05) is 45.9 Å². The van der Waals surface area contributed by atoms with E-state index in [0.29, 0.717) is 11.4 Å². The Bertz CT molecular complexity index is 424. The average Bonchev–Trinajstić information content (AvgIpc) is 2.35. The number of ether oxygens (including phenoxy) is 1. The summed E-state index contributed by atoms with van der Waals surface area (Å²) in [6.45, 7) is 8.10. The van der Waals surface area contributed by atoms with Gasteiger partial charge in [-0.3, -0.25) is 0 Å². The van der Waals surface area contributed by atoms with Crippen LogP contribution in [-0.2, 0) is 9.63 Å². The normalized spacial score (nSPS) is 12.7. The van der Waals surface area contributed by atoms with Crippen LogP contribution in [0.25, 0.3) is 0 Å². The van der Waals surface area contributed by atoms with E-state index in [-0.39, 0.29) is 17.3 Å². The highest BCUT2D eigenvalue weighted by molar-refractivity contribution is 5.74. The smallest absolute Gasteiger partial charge is 0.335 e. The number of carbonyl (C=O) groups excluding carboxylic acids is 1. The molecule has 0 amide bonds. The number of hydrogen-bond donors (Lipinski definition) is 1. The van der Waals surface area contributed by atoms with Crippen LogP contribution >= 0.6 is 0 Å². The SMILES string of the molecule is CCC(C(=O)ONc1cccc(OC)c1)C(C)(C)C. The third-order valence-corrected chi connectivity index (χ3v) is 3.08. The molecule has 19 heavy (non-hydrogen) atoms. The molecule has 1 atom stereocenters. The molecular formula is C15H23NO3. The Morgan fingerprint density at radius 1 is 1.37 bits per heavy atom. The fraction of sp³-hybridized carbons (Fsp3) is 0.533. The van der Waals surface area contributed by atoms with Crippen LogP contribution < -0.4 is 10.2 Å². The van der Waals surface area contributed by atoms with Crippen molar-refractivity contribution in [2.75, 3.05) is 12.6 Å². The summed E-state index contributed by atoms with van der Waals surface area (Å²) in [5.74, 6) is 0.340. The van der Waals surface area contributed by atoms with Gasteiger partial charge in [0.1, 0.15) is 5.75 Å². The van der Waals surface area contributed by atoms with Crippen molar-refractivity contribution in [3.05, 3.63) is 24.3 Å². The minimum Gasteiger partial charge on any atom is -0.497 e. The summed E-state index contributed by atoms with van der Waals surface area (Å²) in [4.78, 5) is 17.2. The summed E-state index contributed by atoms with van der Waals surface area (Å²) in [6.07, 6.45) is 0.752. The minimum absolute atomic E-state index is 0.109.